The number of piperazine rings is 1. The fraction of sp³-hybridized carbons (Fsp3) is 0.909. The third kappa shape index (κ3) is 2.16. The molecule has 4 heteroatoms. The van der Waals surface area contributed by atoms with E-state index in [1.807, 2.05) is 0 Å². The van der Waals surface area contributed by atoms with E-state index in [1.54, 1.807) is 0 Å². The first-order valence-corrected chi connectivity index (χ1v) is 5.91. The molecule has 0 bridgehead atoms. The van der Waals surface area contributed by atoms with Crippen LogP contribution in [0.4, 0.5) is 0 Å². The maximum absolute atomic E-state index is 10.9. The van der Waals surface area contributed by atoms with Gasteiger partial charge in [-0.05, 0) is 19.4 Å². The maximum atomic E-state index is 10.9. The molecule has 2 aliphatic rings. The molecule has 86 valence electrons. The van der Waals surface area contributed by atoms with Gasteiger partial charge < -0.3 is 10.0 Å². The van der Waals surface area contributed by atoms with Crippen molar-refractivity contribution in [1.29, 1.82) is 0 Å². The second-order valence-electron chi connectivity index (χ2n) is 4.56. The van der Waals surface area contributed by atoms with Crippen LogP contribution >= 0.6 is 0 Å². The van der Waals surface area contributed by atoms with Crippen LogP contribution in [0.2, 0.25) is 0 Å². The molecule has 1 aliphatic carbocycles. The lowest BCUT2D eigenvalue weighted by atomic mass is 9.78. The summed E-state index contributed by atoms with van der Waals surface area (Å²) in [5.41, 5.74) is 0. The fourth-order valence-electron chi connectivity index (χ4n) is 2.62. The van der Waals surface area contributed by atoms with E-state index in [0.717, 1.165) is 45.6 Å². The van der Waals surface area contributed by atoms with Crippen LogP contribution < -0.4 is 0 Å². The molecule has 0 amide bonds. The lowest BCUT2D eigenvalue weighted by Crippen LogP contribution is -2.56. The molecule has 0 aromatic heterocycles. The van der Waals surface area contributed by atoms with Crippen LogP contribution in [0.5, 0.6) is 0 Å². The topological polar surface area (TPSA) is 43.8 Å². The molecule has 1 aliphatic heterocycles. The van der Waals surface area contributed by atoms with Crippen molar-refractivity contribution in [1.82, 2.24) is 9.80 Å². The van der Waals surface area contributed by atoms with Crippen LogP contribution in [0.1, 0.15) is 19.8 Å². The van der Waals surface area contributed by atoms with E-state index in [1.165, 1.54) is 0 Å². The Hall–Kier alpha value is -0.610. The van der Waals surface area contributed by atoms with Crippen molar-refractivity contribution in [3.63, 3.8) is 0 Å². The third-order valence-corrected chi connectivity index (χ3v) is 3.88. The normalized spacial score (nSPS) is 33.7. The highest BCUT2D eigenvalue weighted by Gasteiger charge is 2.40. The summed E-state index contributed by atoms with van der Waals surface area (Å²) in [5.74, 6) is -0.706. The molecule has 0 radical (unpaired) electrons. The average molecular weight is 212 g/mol. The van der Waals surface area contributed by atoms with Gasteiger partial charge in [-0.2, -0.15) is 0 Å². The summed E-state index contributed by atoms with van der Waals surface area (Å²) in [5, 5.41) is 9.00. The van der Waals surface area contributed by atoms with Crippen LogP contribution in [0.15, 0.2) is 0 Å². The predicted molar refractivity (Wildman–Crippen MR) is 57.8 cm³/mol. The molecule has 2 atom stereocenters. The number of hydrogen-bond acceptors (Lipinski definition) is 3. The molecule has 0 spiro atoms. The zero-order valence-electron chi connectivity index (χ0n) is 9.35. The van der Waals surface area contributed by atoms with Crippen molar-refractivity contribution in [2.75, 3.05) is 32.7 Å². The highest BCUT2D eigenvalue weighted by atomic mass is 16.4. The van der Waals surface area contributed by atoms with E-state index < -0.39 is 5.97 Å². The number of carbonyl (C=O) groups is 1. The second kappa shape index (κ2) is 4.49. The van der Waals surface area contributed by atoms with Crippen LogP contribution in [0.25, 0.3) is 0 Å². The number of hydrogen-bond donors (Lipinski definition) is 1. The van der Waals surface area contributed by atoms with Crippen molar-refractivity contribution in [3.05, 3.63) is 0 Å². The molecule has 1 N–H and O–H groups in total. The Morgan fingerprint density at radius 3 is 2.33 bits per heavy atom. The minimum atomic E-state index is -0.607. The molecule has 0 aromatic carbocycles. The highest BCUT2D eigenvalue weighted by molar-refractivity contribution is 5.72. The molecule has 1 saturated heterocycles. The molecule has 2 unspecified atom stereocenters. The predicted octanol–water partition coefficient (Wildman–Crippen LogP) is 0.487. The van der Waals surface area contributed by atoms with Crippen molar-refractivity contribution >= 4 is 5.97 Å². The van der Waals surface area contributed by atoms with Crippen LogP contribution in [-0.2, 0) is 4.79 Å². The second-order valence-corrected chi connectivity index (χ2v) is 4.56. The van der Waals surface area contributed by atoms with Gasteiger partial charge in [0.1, 0.15) is 0 Å². The highest BCUT2D eigenvalue weighted by Crippen LogP contribution is 2.32. The molecule has 15 heavy (non-hydrogen) atoms. The molecule has 2 rings (SSSR count). The zero-order valence-corrected chi connectivity index (χ0v) is 9.35. The van der Waals surface area contributed by atoms with Gasteiger partial charge >= 0.3 is 5.97 Å². The Labute approximate surface area is 90.9 Å². The summed E-state index contributed by atoms with van der Waals surface area (Å²) in [7, 11) is 0. The minimum absolute atomic E-state index is 0.0989. The standard InChI is InChI=1S/C11H20N2O2/c1-2-12-5-7-13(8-6-12)10-4-3-9(10)11(14)15/h9-10H,2-8H2,1H3,(H,14,15). The van der Waals surface area contributed by atoms with Crippen LogP contribution in [-0.4, -0.2) is 59.6 Å². The van der Waals surface area contributed by atoms with Gasteiger partial charge in [-0.3, -0.25) is 9.69 Å². The van der Waals surface area contributed by atoms with Crippen LogP contribution in [0.3, 0.4) is 0 Å². The SMILES string of the molecule is CCN1CCN(C2CCC2C(=O)O)CC1. The molecular formula is C11H20N2O2. The monoisotopic (exact) mass is 212 g/mol. The molecule has 1 saturated carbocycles. The van der Waals surface area contributed by atoms with Crippen molar-refractivity contribution in [2.24, 2.45) is 5.92 Å². The lowest BCUT2D eigenvalue weighted by molar-refractivity contribution is -0.149. The van der Waals surface area contributed by atoms with Crippen molar-refractivity contribution in [2.45, 2.75) is 25.8 Å². The molecule has 2 fully saturated rings. The number of aliphatic carboxylic acids is 1. The van der Waals surface area contributed by atoms with E-state index in [-0.39, 0.29) is 5.92 Å². The first-order valence-electron chi connectivity index (χ1n) is 5.91. The van der Waals surface area contributed by atoms with Crippen LogP contribution in [0, 0.1) is 5.92 Å². The van der Waals surface area contributed by atoms with Gasteiger partial charge in [0.25, 0.3) is 0 Å². The summed E-state index contributed by atoms with van der Waals surface area (Å²) in [6.07, 6.45) is 1.94. The largest absolute Gasteiger partial charge is 0.481 e. The summed E-state index contributed by atoms with van der Waals surface area (Å²) in [6.45, 7) is 7.57. The number of likely N-dealkylation sites (N-methyl/N-ethyl adjacent to an activating group) is 1. The Morgan fingerprint density at radius 1 is 1.27 bits per heavy atom. The summed E-state index contributed by atoms with van der Waals surface area (Å²) >= 11 is 0. The summed E-state index contributed by atoms with van der Waals surface area (Å²) < 4.78 is 0. The van der Waals surface area contributed by atoms with Gasteiger partial charge in [0.15, 0.2) is 0 Å². The molecule has 1 heterocycles. The molecular weight excluding hydrogens is 192 g/mol. The van der Waals surface area contributed by atoms with Gasteiger partial charge in [-0.15, -0.1) is 0 Å². The van der Waals surface area contributed by atoms with E-state index in [0.29, 0.717) is 6.04 Å². The Morgan fingerprint density at radius 2 is 1.93 bits per heavy atom. The van der Waals surface area contributed by atoms with Gasteiger partial charge in [-0.1, -0.05) is 6.92 Å². The van der Waals surface area contributed by atoms with Crippen molar-refractivity contribution < 1.29 is 9.90 Å². The molecule has 4 nitrogen and oxygen atoms in total. The number of carboxylic acids is 1. The summed E-state index contributed by atoms with van der Waals surface area (Å²) in [6, 6.07) is 0.321. The smallest absolute Gasteiger partial charge is 0.308 e. The number of nitrogens with zero attached hydrogens (tertiary/aromatic N) is 2. The maximum Gasteiger partial charge on any atom is 0.308 e. The Balaban J connectivity index is 1.83. The first-order chi connectivity index (χ1) is 7.22. The van der Waals surface area contributed by atoms with E-state index >= 15 is 0 Å². The fourth-order valence-corrected chi connectivity index (χ4v) is 2.62. The average Bonchev–Trinajstić information content (AvgIpc) is 2.16. The number of rotatable bonds is 3. The summed E-state index contributed by atoms with van der Waals surface area (Å²) in [4.78, 5) is 15.7. The van der Waals surface area contributed by atoms with Gasteiger partial charge in [0, 0.05) is 32.2 Å². The third-order valence-electron chi connectivity index (χ3n) is 3.88. The van der Waals surface area contributed by atoms with E-state index in [2.05, 4.69) is 16.7 Å². The van der Waals surface area contributed by atoms with Gasteiger partial charge in [0.2, 0.25) is 0 Å². The lowest BCUT2D eigenvalue weighted by Gasteiger charge is -2.45. The zero-order chi connectivity index (χ0) is 10.8. The van der Waals surface area contributed by atoms with Crippen molar-refractivity contribution in [3.8, 4) is 0 Å². The quantitative estimate of drug-likeness (QED) is 0.739. The minimum Gasteiger partial charge on any atom is -0.481 e. The van der Waals surface area contributed by atoms with Gasteiger partial charge in [0.05, 0.1) is 5.92 Å². The Kier molecular flexibility index (Phi) is 3.26. The van der Waals surface area contributed by atoms with Gasteiger partial charge in [-0.25, -0.2) is 0 Å². The van der Waals surface area contributed by atoms with E-state index in [4.69, 9.17) is 5.11 Å². The molecule has 0 aromatic rings. The van der Waals surface area contributed by atoms with E-state index in [9.17, 15) is 4.79 Å². The number of carboxylic acid groups (broad SMARTS) is 1. The Bertz CT molecular complexity index is 237. The first kappa shape index (κ1) is 10.9.